The van der Waals surface area contributed by atoms with Gasteiger partial charge in [-0.25, -0.2) is 0 Å². The molecule has 12 heavy (non-hydrogen) atoms. The van der Waals surface area contributed by atoms with Gasteiger partial charge >= 0.3 is 0 Å². The third-order valence-electron chi connectivity index (χ3n) is 1.76. The lowest BCUT2D eigenvalue weighted by Crippen LogP contribution is -2.00. The fraction of sp³-hybridized carbons (Fsp3) is 0. The Bertz CT molecular complexity index is 481. The largest absolute Gasteiger partial charge is 0.298 e. The molecule has 0 saturated carbocycles. The molecule has 0 saturated heterocycles. The highest BCUT2D eigenvalue weighted by molar-refractivity contribution is 5.95. The Kier molecular flexibility index (Phi) is 1.33. The first-order valence-electron chi connectivity index (χ1n) is 3.47. The van der Waals surface area contributed by atoms with Gasteiger partial charge in [0, 0.05) is 5.56 Å². The molecule has 1 aromatic heterocycles. The highest BCUT2D eigenvalue weighted by Gasteiger charge is 2.04. The summed E-state index contributed by atoms with van der Waals surface area (Å²) >= 11 is 0. The number of nitrogens with one attached hydrogen (secondary N) is 2. The summed E-state index contributed by atoms with van der Waals surface area (Å²) < 4.78 is 0. The monoisotopic (exact) mass is 162 g/mol. The maximum atomic E-state index is 11.1. The maximum Gasteiger partial charge on any atom is 0.272 e. The number of carbonyl (C=O) groups excluding carboxylic acids is 1. The number of aromatic amines is 2. The summed E-state index contributed by atoms with van der Waals surface area (Å²) in [5.74, 6) is 0. The maximum absolute atomic E-state index is 11.1. The summed E-state index contributed by atoms with van der Waals surface area (Å²) in [6.07, 6.45) is 0.672. The normalized spacial score (nSPS) is 10.3. The van der Waals surface area contributed by atoms with Crippen LogP contribution >= 0.6 is 0 Å². The minimum Gasteiger partial charge on any atom is -0.298 e. The van der Waals surface area contributed by atoms with E-state index in [1.165, 1.54) is 0 Å². The van der Waals surface area contributed by atoms with Crippen molar-refractivity contribution in [2.24, 2.45) is 0 Å². The quantitative estimate of drug-likeness (QED) is 0.605. The van der Waals surface area contributed by atoms with Gasteiger partial charge in [-0.15, -0.1) is 0 Å². The average Bonchev–Trinajstić information content (AvgIpc) is 2.48. The van der Waals surface area contributed by atoms with Gasteiger partial charge in [-0.3, -0.25) is 19.8 Å². The number of H-pyrrole nitrogens is 2. The van der Waals surface area contributed by atoms with E-state index in [2.05, 4.69) is 10.2 Å². The Labute approximate surface area is 67.2 Å². The molecule has 4 heteroatoms. The molecule has 0 aliphatic heterocycles. The van der Waals surface area contributed by atoms with Crippen LogP contribution in [0.5, 0.6) is 0 Å². The van der Waals surface area contributed by atoms with Crippen molar-refractivity contribution in [1.29, 1.82) is 0 Å². The van der Waals surface area contributed by atoms with Crippen molar-refractivity contribution in [3.63, 3.8) is 0 Å². The first kappa shape index (κ1) is 6.84. The first-order valence-corrected chi connectivity index (χ1v) is 3.47. The average molecular weight is 162 g/mol. The van der Waals surface area contributed by atoms with Crippen LogP contribution in [0.4, 0.5) is 0 Å². The van der Waals surface area contributed by atoms with Crippen molar-refractivity contribution in [3.05, 3.63) is 34.1 Å². The SMILES string of the molecule is O=Cc1cccc2[nH][nH]c(=O)c12. The van der Waals surface area contributed by atoms with Crippen LogP contribution < -0.4 is 5.56 Å². The molecule has 0 spiro atoms. The summed E-state index contributed by atoms with van der Waals surface area (Å²) in [5, 5.41) is 5.50. The van der Waals surface area contributed by atoms with E-state index in [0.717, 1.165) is 0 Å². The Morgan fingerprint density at radius 1 is 1.25 bits per heavy atom. The molecule has 0 radical (unpaired) electrons. The van der Waals surface area contributed by atoms with E-state index >= 15 is 0 Å². The molecule has 60 valence electrons. The van der Waals surface area contributed by atoms with Crippen molar-refractivity contribution in [1.82, 2.24) is 10.2 Å². The van der Waals surface area contributed by atoms with Crippen LogP contribution in [0, 0.1) is 0 Å². The van der Waals surface area contributed by atoms with Crippen LogP contribution in [0.3, 0.4) is 0 Å². The van der Waals surface area contributed by atoms with Gasteiger partial charge in [-0.1, -0.05) is 12.1 Å². The van der Waals surface area contributed by atoms with E-state index in [1.807, 2.05) is 0 Å². The van der Waals surface area contributed by atoms with Gasteiger partial charge in [-0.2, -0.15) is 0 Å². The van der Waals surface area contributed by atoms with Crippen LogP contribution in [0.25, 0.3) is 10.9 Å². The molecule has 0 fully saturated rings. The molecule has 0 aliphatic carbocycles. The number of hydrogen-bond acceptors (Lipinski definition) is 2. The number of aldehydes is 1. The van der Waals surface area contributed by atoms with Gasteiger partial charge in [0.25, 0.3) is 5.56 Å². The van der Waals surface area contributed by atoms with Gasteiger partial charge in [0.05, 0.1) is 10.9 Å². The van der Waals surface area contributed by atoms with Crippen LogP contribution in [0.2, 0.25) is 0 Å². The van der Waals surface area contributed by atoms with Crippen molar-refractivity contribution in [3.8, 4) is 0 Å². The van der Waals surface area contributed by atoms with Gasteiger partial charge in [0.2, 0.25) is 0 Å². The molecular formula is C8H6N2O2. The summed E-state index contributed by atoms with van der Waals surface area (Å²) in [6.45, 7) is 0. The standard InChI is InChI=1S/C8H6N2O2/c11-4-5-2-1-3-6-7(5)8(12)10-9-6/h1-4H,(H2,9,10,12). The number of carbonyl (C=O) groups is 1. The number of aromatic nitrogens is 2. The van der Waals surface area contributed by atoms with Crippen LogP contribution in [0.1, 0.15) is 10.4 Å². The first-order chi connectivity index (χ1) is 5.83. The number of fused-ring (bicyclic) bond motifs is 1. The minimum absolute atomic E-state index is 0.257. The molecule has 2 aromatic rings. The van der Waals surface area contributed by atoms with Crippen LogP contribution in [0.15, 0.2) is 23.0 Å². The van der Waals surface area contributed by atoms with E-state index in [4.69, 9.17) is 0 Å². The zero-order valence-electron chi connectivity index (χ0n) is 6.13. The molecule has 0 bridgehead atoms. The third kappa shape index (κ3) is 0.780. The van der Waals surface area contributed by atoms with Crippen LogP contribution in [-0.2, 0) is 0 Å². The summed E-state index contributed by atoms with van der Waals surface area (Å²) in [7, 11) is 0. The molecule has 0 atom stereocenters. The summed E-state index contributed by atoms with van der Waals surface area (Å²) in [5.41, 5.74) is 0.812. The van der Waals surface area contributed by atoms with Crippen molar-refractivity contribution in [2.45, 2.75) is 0 Å². The number of benzene rings is 1. The minimum atomic E-state index is -0.257. The lowest BCUT2D eigenvalue weighted by atomic mass is 10.1. The predicted octanol–water partition coefficient (Wildman–Crippen LogP) is 0.669. The predicted molar refractivity (Wildman–Crippen MR) is 44.3 cm³/mol. The zero-order chi connectivity index (χ0) is 8.55. The molecule has 1 aromatic carbocycles. The van der Waals surface area contributed by atoms with Crippen molar-refractivity contribution >= 4 is 17.2 Å². The van der Waals surface area contributed by atoms with Gasteiger partial charge in [0.15, 0.2) is 6.29 Å². The van der Waals surface area contributed by atoms with Crippen molar-refractivity contribution < 1.29 is 4.79 Å². The van der Waals surface area contributed by atoms with E-state index in [0.29, 0.717) is 22.8 Å². The second-order valence-electron chi connectivity index (χ2n) is 2.47. The molecule has 4 nitrogen and oxygen atoms in total. The Hall–Kier alpha value is -1.84. The molecule has 2 rings (SSSR count). The Morgan fingerprint density at radius 3 is 2.83 bits per heavy atom. The van der Waals surface area contributed by atoms with E-state index in [-0.39, 0.29) is 5.56 Å². The zero-order valence-corrected chi connectivity index (χ0v) is 6.13. The summed E-state index contributed by atoms with van der Waals surface area (Å²) in [6, 6.07) is 5.06. The third-order valence-corrected chi connectivity index (χ3v) is 1.76. The lowest BCUT2D eigenvalue weighted by Gasteiger charge is -1.89. The molecule has 0 amide bonds. The highest BCUT2D eigenvalue weighted by Crippen LogP contribution is 2.09. The van der Waals surface area contributed by atoms with E-state index in [9.17, 15) is 9.59 Å². The molecule has 2 N–H and O–H groups in total. The Morgan fingerprint density at radius 2 is 2.08 bits per heavy atom. The fourth-order valence-corrected chi connectivity index (χ4v) is 1.21. The molecule has 0 unspecified atom stereocenters. The van der Waals surface area contributed by atoms with Gasteiger partial charge < -0.3 is 0 Å². The fourth-order valence-electron chi connectivity index (χ4n) is 1.21. The van der Waals surface area contributed by atoms with Crippen molar-refractivity contribution in [2.75, 3.05) is 0 Å². The molecule has 0 aliphatic rings. The Balaban J connectivity index is 3.03. The topological polar surface area (TPSA) is 65.7 Å². The molecule has 1 heterocycles. The number of hydrogen-bond donors (Lipinski definition) is 2. The second kappa shape index (κ2) is 2.34. The lowest BCUT2D eigenvalue weighted by molar-refractivity contribution is 0.112. The molecular weight excluding hydrogens is 156 g/mol. The second-order valence-corrected chi connectivity index (χ2v) is 2.47. The summed E-state index contributed by atoms with van der Waals surface area (Å²) in [4.78, 5) is 21.6. The van der Waals surface area contributed by atoms with Gasteiger partial charge in [0.1, 0.15) is 0 Å². The van der Waals surface area contributed by atoms with E-state index in [1.54, 1.807) is 18.2 Å². The van der Waals surface area contributed by atoms with Crippen LogP contribution in [-0.4, -0.2) is 16.5 Å². The number of rotatable bonds is 1. The van der Waals surface area contributed by atoms with E-state index < -0.39 is 0 Å². The van der Waals surface area contributed by atoms with Gasteiger partial charge in [-0.05, 0) is 6.07 Å². The highest BCUT2D eigenvalue weighted by atomic mass is 16.1. The smallest absolute Gasteiger partial charge is 0.272 e.